The number of carbonyl (C=O) groups excluding carboxylic acids is 5. The number of halogens is 2. The summed E-state index contributed by atoms with van der Waals surface area (Å²) in [5.74, 6) is -2.68. The van der Waals surface area contributed by atoms with Crippen LogP contribution in [0.3, 0.4) is 0 Å². The molecule has 4 aliphatic rings. The quantitative estimate of drug-likeness (QED) is 0.253. The minimum Gasteiger partial charge on any atom is -0.344 e. The molecule has 4 rings (SSSR count). The fraction of sp³-hybridized carbons (Fsp3) is 0.833. The summed E-state index contributed by atoms with van der Waals surface area (Å²) in [5, 5.41) is 8.72. The molecular weight excluding hydrogens is 567 g/mol. The van der Waals surface area contributed by atoms with Gasteiger partial charge in [0.15, 0.2) is 5.78 Å². The molecule has 9 nitrogen and oxygen atoms in total. The van der Waals surface area contributed by atoms with Gasteiger partial charge in [-0.05, 0) is 43.4 Å². The van der Waals surface area contributed by atoms with E-state index in [1.54, 1.807) is 0 Å². The molecule has 230 valence electrons. The standard InChI is InChI=1S/C30H46Cl2N4O5/c1-16(37)25(38)21(14-18-10-9-11-18)34-26(39)24-22-20(30(22,31)32)15-36(24)27(40)23(19-12-7-6-8-13-19)35-28(41)33-17(2)29(3,4)5/h17-24H,6-15H2,1-5H3,(H,34,39)(H2,33,35,41)/t17?,20-,21+,22-,23-,24-/m0/s1. The zero-order valence-electron chi connectivity index (χ0n) is 24.9. The Kier molecular flexibility index (Phi) is 9.69. The second-order valence-corrected chi connectivity index (χ2v) is 15.3. The largest absolute Gasteiger partial charge is 0.344 e. The van der Waals surface area contributed by atoms with Crippen molar-refractivity contribution in [1.82, 2.24) is 20.9 Å². The van der Waals surface area contributed by atoms with Crippen LogP contribution in [0.15, 0.2) is 0 Å². The molecule has 4 fully saturated rings. The van der Waals surface area contributed by atoms with Gasteiger partial charge in [0, 0.05) is 31.3 Å². The molecule has 0 aromatic carbocycles. The molecule has 11 heteroatoms. The predicted octanol–water partition coefficient (Wildman–Crippen LogP) is 4.13. The molecule has 0 radical (unpaired) electrons. The van der Waals surface area contributed by atoms with E-state index in [0.29, 0.717) is 6.42 Å². The van der Waals surface area contributed by atoms with Crippen LogP contribution in [0.25, 0.3) is 0 Å². The molecule has 0 aromatic rings. The second kappa shape index (κ2) is 12.4. The van der Waals surface area contributed by atoms with Gasteiger partial charge < -0.3 is 20.9 Å². The minimum absolute atomic E-state index is 0.0602. The molecule has 3 saturated carbocycles. The molecule has 3 aliphatic carbocycles. The minimum atomic E-state index is -1.15. The van der Waals surface area contributed by atoms with Gasteiger partial charge >= 0.3 is 6.03 Å². The molecule has 41 heavy (non-hydrogen) atoms. The van der Waals surface area contributed by atoms with Gasteiger partial charge in [-0.25, -0.2) is 4.79 Å². The van der Waals surface area contributed by atoms with E-state index in [4.69, 9.17) is 23.2 Å². The lowest BCUT2D eigenvalue weighted by Gasteiger charge is -2.37. The van der Waals surface area contributed by atoms with E-state index >= 15 is 0 Å². The second-order valence-electron chi connectivity index (χ2n) is 13.8. The van der Waals surface area contributed by atoms with Crippen LogP contribution in [0.2, 0.25) is 0 Å². The van der Waals surface area contributed by atoms with Crippen molar-refractivity contribution in [3.05, 3.63) is 0 Å². The van der Waals surface area contributed by atoms with Crippen LogP contribution in [-0.4, -0.2) is 69.4 Å². The van der Waals surface area contributed by atoms with E-state index in [-0.39, 0.29) is 41.7 Å². The fourth-order valence-electron chi connectivity index (χ4n) is 6.55. The number of amides is 4. The third-order valence-corrected chi connectivity index (χ3v) is 11.0. The van der Waals surface area contributed by atoms with Crippen LogP contribution in [0.4, 0.5) is 4.79 Å². The lowest BCUT2D eigenvalue weighted by Crippen LogP contribution is -2.61. The first-order valence-electron chi connectivity index (χ1n) is 15.2. The molecule has 4 amide bonds. The highest BCUT2D eigenvalue weighted by molar-refractivity contribution is 6.51. The van der Waals surface area contributed by atoms with E-state index in [2.05, 4.69) is 16.0 Å². The Bertz CT molecular complexity index is 1050. The van der Waals surface area contributed by atoms with Crippen LogP contribution in [0, 0.1) is 29.1 Å². The maximum absolute atomic E-state index is 14.2. The van der Waals surface area contributed by atoms with E-state index in [0.717, 1.165) is 51.4 Å². The highest BCUT2D eigenvalue weighted by Gasteiger charge is 2.74. The monoisotopic (exact) mass is 612 g/mol. The van der Waals surface area contributed by atoms with Crippen molar-refractivity contribution >= 4 is 52.6 Å². The first kappa shape index (κ1) is 32.1. The van der Waals surface area contributed by atoms with Crippen molar-refractivity contribution in [1.29, 1.82) is 0 Å². The number of nitrogens with one attached hydrogen (secondary N) is 3. The van der Waals surface area contributed by atoms with E-state index < -0.39 is 51.9 Å². The van der Waals surface area contributed by atoms with Crippen molar-refractivity contribution in [3.8, 4) is 0 Å². The number of Topliss-reactive ketones (excluding diaryl/α,β-unsaturated/α-hetero) is 2. The topological polar surface area (TPSA) is 125 Å². The highest BCUT2D eigenvalue weighted by Crippen LogP contribution is 2.65. The maximum atomic E-state index is 14.2. The van der Waals surface area contributed by atoms with Crippen molar-refractivity contribution in [2.24, 2.45) is 29.1 Å². The SMILES string of the molecule is CC(=O)C(=O)[C@@H](CC1CCC1)NC(=O)[C@@H]1[C@@H]2[C@H](CN1C(=O)[C@@H](NC(=O)NC(C)C(C)(C)C)C1CCCCC1)C2(Cl)Cl. The highest BCUT2D eigenvalue weighted by atomic mass is 35.5. The molecule has 6 atom stereocenters. The molecule has 3 N–H and O–H groups in total. The van der Waals surface area contributed by atoms with Gasteiger partial charge in [-0.2, -0.15) is 0 Å². The van der Waals surface area contributed by atoms with Crippen LogP contribution >= 0.6 is 23.2 Å². The first-order valence-corrected chi connectivity index (χ1v) is 16.0. The molecule has 0 bridgehead atoms. The number of hydrogen-bond donors (Lipinski definition) is 3. The number of piperidine rings is 1. The van der Waals surface area contributed by atoms with E-state index in [9.17, 15) is 24.0 Å². The summed E-state index contributed by atoms with van der Waals surface area (Å²) >= 11 is 13.1. The number of likely N-dealkylation sites (tertiary alicyclic amines) is 1. The van der Waals surface area contributed by atoms with Crippen LogP contribution < -0.4 is 16.0 Å². The van der Waals surface area contributed by atoms with Crippen LogP contribution in [0.1, 0.15) is 92.4 Å². The summed E-state index contributed by atoms with van der Waals surface area (Å²) in [5.41, 5.74) is -0.168. The third-order valence-electron chi connectivity index (χ3n) is 9.98. The maximum Gasteiger partial charge on any atom is 0.315 e. The van der Waals surface area contributed by atoms with Gasteiger partial charge in [0.05, 0.1) is 6.04 Å². The van der Waals surface area contributed by atoms with Gasteiger partial charge in [-0.1, -0.05) is 59.3 Å². The van der Waals surface area contributed by atoms with Crippen molar-refractivity contribution in [2.45, 2.75) is 121 Å². The lowest BCUT2D eigenvalue weighted by atomic mass is 9.80. The van der Waals surface area contributed by atoms with Gasteiger partial charge in [0.1, 0.15) is 16.4 Å². The van der Waals surface area contributed by atoms with Crippen LogP contribution in [-0.2, 0) is 19.2 Å². The van der Waals surface area contributed by atoms with Crippen LogP contribution in [0.5, 0.6) is 0 Å². The number of urea groups is 1. The number of carbonyl (C=O) groups is 5. The van der Waals surface area contributed by atoms with E-state index in [1.165, 1.54) is 11.8 Å². The van der Waals surface area contributed by atoms with Crippen molar-refractivity contribution in [2.75, 3.05) is 6.54 Å². The van der Waals surface area contributed by atoms with Gasteiger partial charge in [-0.3, -0.25) is 19.2 Å². The first-order chi connectivity index (χ1) is 19.1. The Morgan fingerprint density at radius 2 is 1.56 bits per heavy atom. The van der Waals surface area contributed by atoms with Crippen molar-refractivity contribution < 1.29 is 24.0 Å². The molecule has 0 spiro atoms. The smallest absolute Gasteiger partial charge is 0.315 e. The Morgan fingerprint density at radius 1 is 0.927 bits per heavy atom. The number of ketones is 2. The van der Waals surface area contributed by atoms with Gasteiger partial charge in [0.25, 0.3) is 0 Å². The Hall–Kier alpha value is -1.87. The average molecular weight is 614 g/mol. The zero-order valence-corrected chi connectivity index (χ0v) is 26.4. The summed E-state index contributed by atoms with van der Waals surface area (Å²) in [4.78, 5) is 67.3. The number of fused-ring (bicyclic) bond motifs is 1. The Labute approximate surface area is 253 Å². The average Bonchev–Trinajstić information content (AvgIpc) is 3.20. The number of nitrogens with zero attached hydrogens (tertiary/aromatic N) is 1. The fourth-order valence-corrected chi connectivity index (χ4v) is 7.38. The summed E-state index contributed by atoms with van der Waals surface area (Å²) in [6.07, 6.45) is 7.97. The summed E-state index contributed by atoms with van der Waals surface area (Å²) in [7, 11) is 0. The summed E-state index contributed by atoms with van der Waals surface area (Å²) < 4.78 is -1.15. The molecule has 1 saturated heterocycles. The summed E-state index contributed by atoms with van der Waals surface area (Å²) in [6, 6.07) is -3.30. The Balaban J connectivity index is 1.55. The molecule has 0 aromatic heterocycles. The number of rotatable bonds is 10. The lowest BCUT2D eigenvalue weighted by molar-refractivity contribution is -0.144. The molecule has 1 unspecified atom stereocenters. The summed E-state index contributed by atoms with van der Waals surface area (Å²) in [6.45, 7) is 9.41. The molecular formula is C30H46Cl2N4O5. The number of hydrogen-bond acceptors (Lipinski definition) is 5. The molecule has 1 heterocycles. The number of alkyl halides is 2. The van der Waals surface area contributed by atoms with Gasteiger partial charge in [-0.15, -0.1) is 23.2 Å². The van der Waals surface area contributed by atoms with Gasteiger partial charge in [0.2, 0.25) is 17.6 Å². The predicted molar refractivity (Wildman–Crippen MR) is 157 cm³/mol. The third kappa shape index (κ3) is 7.03. The normalized spacial score (nSPS) is 28.0. The van der Waals surface area contributed by atoms with E-state index in [1.807, 2.05) is 27.7 Å². The van der Waals surface area contributed by atoms with Crippen molar-refractivity contribution in [3.63, 3.8) is 0 Å². The Morgan fingerprint density at radius 3 is 2.10 bits per heavy atom. The zero-order chi connectivity index (χ0) is 30.3. The molecule has 1 aliphatic heterocycles.